The first-order valence-electron chi connectivity index (χ1n) is 7.36. The van der Waals surface area contributed by atoms with Crippen LogP contribution in [0.2, 0.25) is 0 Å². The molecule has 0 unspecified atom stereocenters. The minimum Gasteiger partial charge on any atom is -0.497 e. The van der Waals surface area contributed by atoms with Gasteiger partial charge in [0.1, 0.15) is 16.9 Å². The van der Waals surface area contributed by atoms with Gasteiger partial charge in [-0.1, -0.05) is 30.3 Å². The standard InChI is InChI=1S/C20H14O3/c1-22-15-9-6-13(7-10-15)14-8-11-19-17(12-14)20(21)16-4-2-3-5-18(16)23-19/h2-12H,1H3. The number of rotatable bonds is 2. The SMILES string of the molecule is COc1ccc(-c2ccc3oc4ccccc4c(=O)c3c2)cc1. The number of hydrogen-bond donors (Lipinski definition) is 0. The van der Waals surface area contributed by atoms with Gasteiger partial charge in [-0.2, -0.15) is 0 Å². The molecule has 0 aliphatic carbocycles. The Morgan fingerprint density at radius 3 is 2.26 bits per heavy atom. The Balaban J connectivity index is 1.94. The van der Waals surface area contributed by atoms with Gasteiger partial charge in [0.2, 0.25) is 5.43 Å². The van der Waals surface area contributed by atoms with E-state index in [4.69, 9.17) is 9.15 Å². The Labute approximate surface area is 132 Å². The summed E-state index contributed by atoms with van der Waals surface area (Å²) in [6.45, 7) is 0. The second-order valence-corrected chi connectivity index (χ2v) is 5.37. The van der Waals surface area contributed by atoms with E-state index in [1.54, 1.807) is 13.2 Å². The van der Waals surface area contributed by atoms with Crippen molar-refractivity contribution in [2.45, 2.75) is 0 Å². The van der Waals surface area contributed by atoms with Gasteiger partial charge in [-0.3, -0.25) is 4.79 Å². The molecule has 1 heterocycles. The van der Waals surface area contributed by atoms with Crippen LogP contribution >= 0.6 is 0 Å². The van der Waals surface area contributed by atoms with Crippen molar-refractivity contribution in [1.29, 1.82) is 0 Å². The van der Waals surface area contributed by atoms with Gasteiger partial charge in [-0.15, -0.1) is 0 Å². The summed E-state index contributed by atoms with van der Waals surface area (Å²) in [4.78, 5) is 12.7. The van der Waals surface area contributed by atoms with Crippen LogP contribution in [0.4, 0.5) is 0 Å². The van der Waals surface area contributed by atoms with Crippen molar-refractivity contribution < 1.29 is 9.15 Å². The number of methoxy groups -OCH3 is 1. The van der Waals surface area contributed by atoms with Crippen molar-refractivity contribution in [2.75, 3.05) is 7.11 Å². The molecule has 0 fully saturated rings. The van der Waals surface area contributed by atoms with Gasteiger partial charge in [0.15, 0.2) is 0 Å². The Hall–Kier alpha value is -3.07. The van der Waals surface area contributed by atoms with E-state index in [0.29, 0.717) is 21.9 Å². The zero-order chi connectivity index (χ0) is 15.8. The van der Waals surface area contributed by atoms with E-state index < -0.39 is 0 Å². The molecule has 0 atom stereocenters. The van der Waals surface area contributed by atoms with Crippen molar-refractivity contribution in [2.24, 2.45) is 0 Å². The van der Waals surface area contributed by atoms with Crippen molar-refractivity contribution in [1.82, 2.24) is 0 Å². The summed E-state index contributed by atoms with van der Waals surface area (Å²) >= 11 is 0. The largest absolute Gasteiger partial charge is 0.497 e. The fraction of sp³-hybridized carbons (Fsp3) is 0.0500. The maximum absolute atomic E-state index is 12.7. The monoisotopic (exact) mass is 302 g/mol. The molecule has 3 aromatic carbocycles. The van der Waals surface area contributed by atoms with Gasteiger partial charge in [-0.25, -0.2) is 0 Å². The molecule has 3 heteroatoms. The van der Waals surface area contributed by atoms with Crippen LogP contribution in [0.5, 0.6) is 5.75 Å². The van der Waals surface area contributed by atoms with Gasteiger partial charge >= 0.3 is 0 Å². The van der Waals surface area contributed by atoms with Crippen LogP contribution in [0.3, 0.4) is 0 Å². The topological polar surface area (TPSA) is 39.4 Å². The maximum Gasteiger partial charge on any atom is 0.200 e. The molecule has 0 saturated heterocycles. The summed E-state index contributed by atoms with van der Waals surface area (Å²) < 4.78 is 11.0. The molecule has 0 saturated carbocycles. The second-order valence-electron chi connectivity index (χ2n) is 5.37. The van der Waals surface area contributed by atoms with Gasteiger partial charge in [0.05, 0.1) is 17.9 Å². The molecular formula is C20H14O3. The third-order valence-corrected chi connectivity index (χ3v) is 4.00. The van der Waals surface area contributed by atoms with Crippen LogP contribution < -0.4 is 10.2 Å². The van der Waals surface area contributed by atoms with Crippen LogP contribution in [0, 0.1) is 0 Å². The van der Waals surface area contributed by atoms with E-state index in [1.807, 2.05) is 60.7 Å². The van der Waals surface area contributed by atoms with E-state index in [1.165, 1.54) is 0 Å². The molecule has 4 rings (SSSR count). The molecular weight excluding hydrogens is 288 g/mol. The Morgan fingerprint density at radius 1 is 0.783 bits per heavy atom. The van der Waals surface area contributed by atoms with Crippen molar-refractivity contribution in [3.05, 3.63) is 77.0 Å². The molecule has 112 valence electrons. The zero-order valence-corrected chi connectivity index (χ0v) is 12.6. The fourth-order valence-corrected chi connectivity index (χ4v) is 2.77. The number of fused-ring (bicyclic) bond motifs is 2. The van der Waals surface area contributed by atoms with Crippen LogP contribution in [0.1, 0.15) is 0 Å². The van der Waals surface area contributed by atoms with Crippen molar-refractivity contribution >= 4 is 21.9 Å². The zero-order valence-electron chi connectivity index (χ0n) is 12.6. The molecule has 4 aromatic rings. The van der Waals surface area contributed by atoms with E-state index >= 15 is 0 Å². The summed E-state index contributed by atoms with van der Waals surface area (Å²) in [6, 6.07) is 20.8. The van der Waals surface area contributed by atoms with Gasteiger partial charge in [-0.05, 0) is 47.5 Å². The van der Waals surface area contributed by atoms with E-state index in [2.05, 4.69) is 0 Å². The van der Waals surface area contributed by atoms with E-state index in [9.17, 15) is 4.79 Å². The number of para-hydroxylation sites is 1. The van der Waals surface area contributed by atoms with Crippen molar-refractivity contribution in [3.8, 4) is 16.9 Å². The van der Waals surface area contributed by atoms with Crippen LogP contribution in [0.15, 0.2) is 75.9 Å². The molecule has 0 amide bonds. The molecule has 0 radical (unpaired) electrons. The third-order valence-electron chi connectivity index (χ3n) is 4.00. The summed E-state index contributed by atoms with van der Waals surface area (Å²) in [5, 5.41) is 1.20. The predicted molar refractivity (Wildman–Crippen MR) is 92.0 cm³/mol. The molecule has 3 nitrogen and oxygen atoms in total. The van der Waals surface area contributed by atoms with Crippen LogP contribution in [0.25, 0.3) is 33.1 Å². The van der Waals surface area contributed by atoms with Crippen LogP contribution in [-0.2, 0) is 0 Å². The lowest BCUT2D eigenvalue weighted by atomic mass is 10.0. The number of benzene rings is 3. The summed E-state index contributed by atoms with van der Waals surface area (Å²) in [6.07, 6.45) is 0. The average molecular weight is 302 g/mol. The lowest BCUT2D eigenvalue weighted by molar-refractivity contribution is 0.415. The van der Waals surface area contributed by atoms with Crippen LogP contribution in [-0.4, -0.2) is 7.11 Å². The molecule has 0 bridgehead atoms. The smallest absolute Gasteiger partial charge is 0.200 e. The first-order valence-corrected chi connectivity index (χ1v) is 7.36. The molecule has 0 spiro atoms. The number of hydrogen-bond acceptors (Lipinski definition) is 3. The summed E-state index contributed by atoms with van der Waals surface area (Å²) in [5.41, 5.74) is 3.22. The maximum atomic E-state index is 12.7. The highest BCUT2D eigenvalue weighted by Crippen LogP contribution is 2.26. The first kappa shape index (κ1) is 13.6. The Kier molecular flexibility index (Phi) is 3.12. The lowest BCUT2D eigenvalue weighted by Crippen LogP contribution is -2.01. The highest BCUT2D eigenvalue weighted by Gasteiger charge is 2.08. The molecule has 0 aliphatic rings. The van der Waals surface area contributed by atoms with E-state index in [-0.39, 0.29) is 5.43 Å². The fourth-order valence-electron chi connectivity index (χ4n) is 2.77. The minimum absolute atomic E-state index is 0.00258. The average Bonchev–Trinajstić information content (AvgIpc) is 2.62. The summed E-state index contributed by atoms with van der Waals surface area (Å²) in [7, 11) is 1.64. The first-order chi connectivity index (χ1) is 11.3. The molecule has 23 heavy (non-hydrogen) atoms. The highest BCUT2D eigenvalue weighted by atomic mass is 16.5. The van der Waals surface area contributed by atoms with E-state index in [0.717, 1.165) is 16.9 Å². The Morgan fingerprint density at radius 2 is 1.48 bits per heavy atom. The Bertz CT molecular complexity index is 1060. The van der Waals surface area contributed by atoms with Gasteiger partial charge < -0.3 is 9.15 Å². The third kappa shape index (κ3) is 2.27. The normalized spacial score (nSPS) is 11.0. The second kappa shape index (κ2) is 5.29. The summed E-state index contributed by atoms with van der Waals surface area (Å²) in [5.74, 6) is 0.806. The molecule has 1 aromatic heterocycles. The van der Waals surface area contributed by atoms with Crippen molar-refractivity contribution in [3.63, 3.8) is 0 Å². The van der Waals surface area contributed by atoms with Gasteiger partial charge in [0.25, 0.3) is 0 Å². The number of ether oxygens (including phenoxy) is 1. The quantitative estimate of drug-likeness (QED) is 0.507. The van der Waals surface area contributed by atoms with Gasteiger partial charge in [0, 0.05) is 0 Å². The molecule has 0 aliphatic heterocycles. The minimum atomic E-state index is -0.00258. The predicted octanol–water partition coefficient (Wildman–Crippen LogP) is 4.62. The lowest BCUT2D eigenvalue weighted by Gasteiger charge is -2.06. The highest BCUT2D eigenvalue weighted by molar-refractivity contribution is 5.91. The molecule has 0 N–H and O–H groups in total.